The summed E-state index contributed by atoms with van der Waals surface area (Å²) in [5.74, 6) is 0.796. The summed E-state index contributed by atoms with van der Waals surface area (Å²) in [5, 5.41) is 3.65. The third-order valence-electron chi connectivity index (χ3n) is 2.78. The number of methoxy groups -OCH3 is 1. The van der Waals surface area contributed by atoms with Crippen molar-refractivity contribution in [1.82, 2.24) is 0 Å². The summed E-state index contributed by atoms with van der Waals surface area (Å²) in [5.41, 5.74) is 1.80. The Hall–Kier alpha value is -1.83. The van der Waals surface area contributed by atoms with E-state index < -0.39 is 5.97 Å². The molecule has 0 radical (unpaired) electrons. The zero-order valence-electron chi connectivity index (χ0n) is 11.7. The predicted molar refractivity (Wildman–Crippen MR) is 88.6 cm³/mol. The van der Waals surface area contributed by atoms with Gasteiger partial charge in [-0.3, -0.25) is 0 Å². The van der Waals surface area contributed by atoms with Crippen molar-refractivity contribution in [2.75, 3.05) is 13.7 Å². The first kappa shape index (κ1) is 15.6. The molecule has 1 aliphatic rings. The van der Waals surface area contributed by atoms with Gasteiger partial charge in [-0.15, -0.1) is 0 Å². The lowest BCUT2D eigenvalue weighted by molar-refractivity contribution is -0.136. The predicted octanol–water partition coefficient (Wildman–Crippen LogP) is 3.18. The van der Waals surface area contributed by atoms with Crippen LogP contribution in [0.4, 0.5) is 0 Å². The van der Waals surface area contributed by atoms with Gasteiger partial charge in [-0.1, -0.05) is 17.8 Å². The second kappa shape index (κ2) is 6.75. The average Bonchev–Trinajstić information content (AvgIpc) is 2.77. The topological polar surface area (TPSA) is 57.1 Å². The van der Waals surface area contributed by atoms with Gasteiger partial charge in [0, 0.05) is 0 Å². The van der Waals surface area contributed by atoms with E-state index in [1.807, 2.05) is 6.07 Å². The Labute approximate surface area is 136 Å². The van der Waals surface area contributed by atoms with E-state index in [-0.39, 0.29) is 0 Å². The van der Waals surface area contributed by atoms with Crippen LogP contribution in [0.5, 0.6) is 11.5 Å². The first-order valence-electron chi connectivity index (χ1n) is 6.16. The quantitative estimate of drug-likeness (QED) is 0.330. The molecule has 0 aliphatic carbocycles. The summed E-state index contributed by atoms with van der Waals surface area (Å²) in [6, 6.07) is 3.69. The highest BCUT2D eigenvalue weighted by atomic mass is 127. The van der Waals surface area contributed by atoms with Gasteiger partial charge in [0.25, 0.3) is 0 Å². The molecule has 0 atom stereocenters. The van der Waals surface area contributed by atoms with Crippen LogP contribution in [-0.4, -0.2) is 25.4 Å². The third kappa shape index (κ3) is 3.44. The van der Waals surface area contributed by atoms with Crippen LogP contribution in [0.25, 0.3) is 6.08 Å². The number of benzene rings is 1. The fourth-order valence-electron chi connectivity index (χ4n) is 1.79. The minimum atomic E-state index is -0.451. The molecule has 1 aromatic rings. The summed E-state index contributed by atoms with van der Waals surface area (Å²) in [6.07, 6.45) is 3.38. The van der Waals surface area contributed by atoms with E-state index in [4.69, 9.17) is 9.47 Å². The Balaban J connectivity index is 2.41. The summed E-state index contributed by atoms with van der Waals surface area (Å²) in [6.45, 7) is 5.74. The van der Waals surface area contributed by atoms with Gasteiger partial charge in [-0.25, -0.2) is 4.79 Å². The van der Waals surface area contributed by atoms with Crippen molar-refractivity contribution in [2.24, 2.45) is 5.16 Å². The summed E-state index contributed by atoms with van der Waals surface area (Å²) >= 11 is 2.16. The Kier molecular flexibility index (Phi) is 5.00. The molecule has 110 valence electrons. The maximum Gasteiger partial charge on any atom is 0.367 e. The molecule has 0 fully saturated rings. The molecule has 5 nitrogen and oxygen atoms in total. The second-order valence-electron chi connectivity index (χ2n) is 4.25. The second-order valence-corrected chi connectivity index (χ2v) is 5.41. The number of ether oxygens (including phenoxy) is 2. The summed E-state index contributed by atoms with van der Waals surface area (Å²) in [4.78, 5) is 16.2. The van der Waals surface area contributed by atoms with E-state index in [1.165, 1.54) is 0 Å². The smallest absolute Gasteiger partial charge is 0.367 e. The zero-order valence-corrected chi connectivity index (χ0v) is 13.8. The molecule has 0 saturated heterocycles. The molecule has 1 aliphatic heterocycles. The van der Waals surface area contributed by atoms with Crippen molar-refractivity contribution in [3.63, 3.8) is 0 Å². The third-order valence-corrected chi connectivity index (χ3v) is 3.58. The van der Waals surface area contributed by atoms with E-state index in [2.05, 4.69) is 39.2 Å². The van der Waals surface area contributed by atoms with Crippen molar-refractivity contribution in [3.8, 4) is 11.5 Å². The monoisotopic (exact) mass is 399 g/mol. The molecule has 0 aromatic heterocycles. The highest BCUT2D eigenvalue weighted by Gasteiger charge is 2.22. The van der Waals surface area contributed by atoms with Crippen molar-refractivity contribution >= 4 is 40.3 Å². The fraction of sp³-hybridized carbons (Fsp3) is 0.200. The van der Waals surface area contributed by atoms with Crippen LogP contribution >= 0.6 is 22.6 Å². The SMILES string of the molecule is C=CCOc1c(I)cc(/C=C2/C(=O)ON=C2C)cc1OC. The zero-order chi connectivity index (χ0) is 15.4. The lowest BCUT2D eigenvalue weighted by Crippen LogP contribution is -2.02. The maximum absolute atomic E-state index is 11.6. The van der Waals surface area contributed by atoms with Crippen LogP contribution in [0, 0.1) is 3.57 Å². The van der Waals surface area contributed by atoms with Crippen molar-refractivity contribution in [2.45, 2.75) is 6.92 Å². The molecule has 0 spiro atoms. The van der Waals surface area contributed by atoms with Crippen LogP contribution in [0.1, 0.15) is 12.5 Å². The Morgan fingerprint density at radius 3 is 2.81 bits per heavy atom. The molecule has 0 N–H and O–H groups in total. The molecule has 1 heterocycles. The van der Waals surface area contributed by atoms with E-state index in [1.54, 1.807) is 32.3 Å². The van der Waals surface area contributed by atoms with Crippen LogP contribution in [-0.2, 0) is 9.63 Å². The van der Waals surface area contributed by atoms with Crippen LogP contribution in [0.15, 0.2) is 35.5 Å². The first-order valence-corrected chi connectivity index (χ1v) is 7.24. The van der Waals surface area contributed by atoms with Gasteiger partial charge in [-0.2, -0.15) is 0 Å². The normalized spacial score (nSPS) is 15.7. The summed E-state index contributed by atoms with van der Waals surface area (Å²) in [7, 11) is 1.57. The highest BCUT2D eigenvalue weighted by Crippen LogP contribution is 2.34. The lowest BCUT2D eigenvalue weighted by Gasteiger charge is -2.12. The van der Waals surface area contributed by atoms with E-state index in [0.29, 0.717) is 29.4 Å². The number of halogens is 1. The number of nitrogens with zero attached hydrogens (tertiary/aromatic N) is 1. The maximum atomic E-state index is 11.6. The molecular weight excluding hydrogens is 385 g/mol. The van der Waals surface area contributed by atoms with E-state index in [0.717, 1.165) is 9.13 Å². The van der Waals surface area contributed by atoms with Gasteiger partial charge in [0.05, 0.1) is 22.0 Å². The van der Waals surface area contributed by atoms with E-state index >= 15 is 0 Å². The molecule has 2 rings (SSSR count). The van der Waals surface area contributed by atoms with Crippen LogP contribution in [0.3, 0.4) is 0 Å². The van der Waals surface area contributed by atoms with E-state index in [9.17, 15) is 4.79 Å². The van der Waals surface area contributed by atoms with Gasteiger partial charge >= 0.3 is 5.97 Å². The molecule has 21 heavy (non-hydrogen) atoms. The number of rotatable bonds is 5. The standard InChI is InChI=1S/C15H14INO4/c1-4-5-20-14-12(16)7-10(8-13(14)19-3)6-11-9(2)17-21-15(11)18/h4,6-8H,1,5H2,2-3H3/b11-6+. The Morgan fingerprint density at radius 1 is 1.48 bits per heavy atom. The Morgan fingerprint density at radius 2 is 2.24 bits per heavy atom. The van der Waals surface area contributed by atoms with Gasteiger partial charge in [0.2, 0.25) is 0 Å². The minimum Gasteiger partial charge on any atom is -0.493 e. The van der Waals surface area contributed by atoms with Gasteiger partial charge < -0.3 is 14.3 Å². The molecule has 0 saturated carbocycles. The largest absolute Gasteiger partial charge is 0.493 e. The summed E-state index contributed by atoms with van der Waals surface area (Å²) < 4.78 is 11.8. The van der Waals surface area contributed by atoms with Gasteiger partial charge in [0.15, 0.2) is 11.5 Å². The molecule has 0 bridgehead atoms. The molecule has 1 aromatic carbocycles. The van der Waals surface area contributed by atoms with Crippen LogP contribution in [0.2, 0.25) is 0 Å². The van der Waals surface area contributed by atoms with Crippen molar-refractivity contribution < 1.29 is 19.1 Å². The minimum absolute atomic E-state index is 0.394. The average molecular weight is 399 g/mol. The fourth-order valence-corrected chi connectivity index (χ4v) is 2.57. The molecular formula is C15H14INO4. The highest BCUT2D eigenvalue weighted by molar-refractivity contribution is 14.1. The van der Waals surface area contributed by atoms with Crippen molar-refractivity contribution in [1.29, 1.82) is 0 Å². The number of hydrogen-bond acceptors (Lipinski definition) is 5. The number of oxime groups is 1. The van der Waals surface area contributed by atoms with Crippen LogP contribution < -0.4 is 9.47 Å². The lowest BCUT2D eigenvalue weighted by atomic mass is 10.1. The van der Waals surface area contributed by atoms with Crippen molar-refractivity contribution in [3.05, 3.63) is 39.5 Å². The molecule has 6 heteroatoms. The molecule has 0 unspecified atom stereocenters. The Bertz CT molecular complexity index is 649. The number of hydrogen-bond donors (Lipinski definition) is 0. The first-order chi connectivity index (χ1) is 10.1. The molecule has 0 amide bonds. The van der Waals surface area contributed by atoms with Gasteiger partial charge in [0.1, 0.15) is 6.61 Å². The van der Waals surface area contributed by atoms with Gasteiger partial charge in [-0.05, 0) is 53.3 Å². The number of carbonyl (C=O) groups is 1. The number of carbonyl (C=O) groups excluding carboxylic acids is 1.